The second-order valence-corrected chi connectivity index (χ2v) is 6.17. The molecule has 9 heteroatoms. The molecular formula is C11H15N5O3S. The van der Waals surface area contributed by atoms with Gasteiger partial charge in [-0.1, -0.05) is 5.21 Å². The number of aromatic nitrogens is 4. The highest BCUT2D eigenvalue weighted by Gasteiger charge is 2.08. The van der Waals surface area contributed by atoms with Gasteiger partial charge in [-0.3, -0.25) is 0 Å². The standard InChI is InChI=1S/C11H15N5O3S/c1-20(18,19)11-3-2-9(6-13-11)12-7-10-8-16(4-5-17)15-14-10/h2-3,6,8,12,17H,4-5,7H2,1H3. The van der Waals surface area contributed by atoms with Gasteiger partial charge in [0.25, 0.3) is 0 Å². The number of pyridine rings is 1. The van der Waals surface area contributed by atoms with Crippen molar-refractivity contribution in [3.63, 3.8) is 0 Å². The number of hydrogen-bond acceptors (Lipinski definition) is 7. The molecule has 0 aliphatic heterocycles. The highest BCUT2D eigenvalue weighted by atomic mass is 32.2. The Bertz CT molecular complexity index is 666. The molecule has 2 aromatic heterocycles. The van der Waals surface area contributed by atoms with Gasteiger partial charge >= 0.3 is 0 Å². The van der Waals surface area contributed by atoms with E-state index >= 15 is 0 Å². The highest BCUT2D eigenvalue weighted by molar-refractivity contribution is 7.90. The van der Waals surface area contributed by atoms with Crippen LogP contribution >= 0.6 is 0 Å². The maximum absolute atomic E-state index is 11.3. The molecular weight excluding hydrogens is 282 g/mol. The van der Waals surface area contributed by atoms with Crippen LogP contribution < -0.4 is 5.32 Å². The third-order valence-electron chi connectivity index (χ3n) is 2.51. The van der Waals surface area contributed by atoms with Gasteiger partial charge in [-0.2, -0.15) is 0 Å². The second kappa shape index (κ2) is 5.97. The van der Waals surface area contributed by atoms with Crippen LogP contribution in [-0.4, -0.2) is 46.4 Å². The van der Waals surface area contributed by atoms with E-state index in [4.69, 9.17) is 5.11 Å². The molecule has 2 N–H and O–H groups in total. The second-order valence-electron chi connectivity index (χ2n) is 4.21. The van der Waals surface area contributed by atoms with Gasteiger partial charge in [0.05, 0.1) is 37.8 Å². The quantitative estimate of drug-likeness (QED) is 0.752. The summed E-state index contributed by atoms with van der Waals surface area (Å²) < 4.78 is 24.1. The molecule has 0 fully saturated rings. The summed E-state index contributed by atoms with van der Waals surface area (Å²) in [6.45, 7) is 0.843. The molecule has 108 valence electrons. The van der Waals surface area contributed by atoms with Crippen molar-refractivity contribution in [1.29, 1.82) is 0 Å². The number of aliphatic hydroxyl groups excluding tert-OH is 1. The predicted molar refractivity (Wildman–Crippen MR) is 71.8 cm³/mol. The van der Waals surface area contributed by atoms with Crippen LogP contribution in [0.15, 0.2) is 29.6 Å². The molecule has 2 heterocycles. The summed E-state index contributed by atoms with van der Waals surface area (Å²) in [5.41, 5.74) is 1.40. The molecule has 0 amide bonds. The zero-order valence-electron chi connectivity index (χ0n) is 10.9. The first-order chi connectivity index (χ1) is 9.49. The minimum Gasteiger partial charge on any atom is -0.394 e. The molecule has 0 saturated carbocycles. The normalized spacial score (nSPS) is 11.5. The van der Waals surface area contributed by atoms with E-state index in [1.54, 1.807) is 16.9 Å². The first-order valence-electron chi connectivity index (χ1n) is 5.89. The SMILES string of the molecule is CS(=O)(=O)c1ccc(NCc2cn(CCO)nn2)cn1. The van der Waals surface area contributed by atoms with Crippen LogP contribution in [-0.2, 0) is 22.9 Å². The largest absolute Gasteiger partial charge is 0.394 e. The lowest BCUT2D eigenvalue weighted by Gasteiger charge is -2.04. The number of nitrogens with zero attached hydrogens (tertiary/aromatic N) is 4. The van der Waals surface area contributed by atoms with Crippen LogP contribution in [0, 0.1) is 0 Å². The number of sulfone groups is 1. The lowest BCUT2D eigenvalue weighted by Crippen LogP contribution is -2.03. The van der Waals surface area contributed by atoms with E-state index in [-0.39, 0.29) is 11.6 Å². The van der Waals surface area contributed by atoms with Crippen LogP contribution in [0.2, 0.25) is 0 Å². The van der Waals surface area contributed by atoms with Crippen molar-refractivity contribution in [2.75, 3.05) is 18.2 Å². The third-order valence-corrected chi connectivity index (χ3v) is 3.51. The Morgan fingerprint density at radius 3 is 2.80 bits per heavy atom. The molecule has 0 aromatic carbocycles. The van der Waals surface area contributed by atoms with Gasteiger partial charge < -0.3 is 10.4 Å². The van der Waals surface area contributed by atoms with Gasteiger partial charge in [0.2, 0.25) is 0 Å². The topological polar surface area (TPSA) is 110 Å². The minimum atomic E-state index is -3.28. The van der Waals surface area contributed by atoms with E-state index in [1.807, 2.05) is 0 Å². The Hall–Kier alpha value is -2.00. The first kappa shape index (κ1) is 14.4. The average Bonchev–Trinajstić information content (AvgIpc) is 2.84. The summed E-state index contributed by atoms with van der Waals surface area (Å²) >= 11 is 0. The van der Waals surface area contributed by atoms with Gasteiger partial charge in [-0.05, 0) is 12.1 Å². The molecule has 20 heavy (non-hydrogen) atoms. The van der Waals surface area contributed by atoms with E-state index in [9.17, 15) is 8.42 Å². The Labute approximate surface area is 116 Å². The number of nitrogens with one attached hydrogen (secondary N) is 1. The van der Waals surface area contributed by atoms with Crippen molar-refractivity contribution < 1.29 is 13.5 Å². The lowest BCUT2D eigenvalue weighted by molar-refractivity contribution is 0.268. The van der Waals surface area contributed by atoms with Crippen molar-refractivity contribution in [3.8, 4) is 0 Å². The summed E-state index contributed by atoms with van der Waals surface area (Å²) in [6.07, 6.45) is 4.29. The van der Waals surface area contributed by atoms with E-state index < -0.39 is 9.84 Å². The Kier molecular flexibility index (Phi) is 4.30. The molecule has 0 aliphatic rings. The summed E-state index contributed by atoms with van der Waals surface area (Å²) in [6, 6.07) is 3.09. The van der Waals surface area contributed by atoms with E-state index in [2.05, 4.69) is 20.6 Å². The van der Waals surface area contributed by atoms with Crippen molar-refractivity contribution in [2.45, 2.75) is 18.1 Å². The summed E-state index contributed by atoms with van der Waals surface area (Å²) in [4.78, 5) is 3.87. The molecule has 2 aromatic rings. The number of rotatable bonds is 6. The van der Waals surface area contributed by atoms with Crippen molar-refractivity contribution in [3.05, 3.63) is 30.2 Å². The number of hydrogen-bond donors (Lipinski definition) is 2. The number of aliphatic hydroxyl groups is 1. The van der Waals surface area contributed by atoms with Gasteiger partial charge in [-0.15, -0.1) is 5.10 Å². The molecule has 0 atom stereocenters. The van der Waals surface area contributed by atoms with Gasteiger partial charge in [0.1, 0.15) is 5.69 Å². The molecule has 0 bridgehead atoms. The van der Waals surface area contributed by atoms with E-state index in [1.165, 1.54) is 12.3 Å². The summed E-state index contributed by atoms with van der Waals surface area (Å²) in [7, 11) is -3.28. The van der Waals surface area contributed by atoms with Crippen molar-refractivity contribution in [1.82, 2.24) is 20.0 Å². The Morgan fingerprint density at radius 1 is 1.40 bits per heavy atom. The van der Waals surface area contributed by atoms with E-state index in [0.29, 0.717) is 24.5 Å². The molecule has 0 radical (unpaired) electrons. The van der Waals surface area contributed by atoms with Crippen LogP contribution in [0.5, 0.6) is 0 Å². The minimum absolute atomic E-state index is 0.00705. The molecule has 0 unspecified atom stereocenters. The predicted octanol–water partition coefficient (Wildman–Crippen LogP) is -0.319. The monoisotopic (exact) mass is 297 g/mol. The van der Waals surface area contributed by atoms with Crippen LogP contribution in [0.25, 0.3) is 0 Å². The van der Waals surface area contributed by atoms with Crippen LogP contribution in [0.3, 0.4) is 0 Å². The maximum atomic E-state index is 11.3. The summed E-state index contributed by atoms with van der Waals surface area (Å²) in [5, 5.41) is 19.6. The third kappa shape index (κ3) is 3.75. The molecule has 8 nitrogen and oxygen atoms in total. The fourth-order valence-electron chi connectivity index (χ4n) is 1.53. The fourth-order valence-corrected chi connectivity index (χ4v) is 2.09. The molecule has 2 rings (SSSR count). The van der Waals surface area contributed by atoms with Gasteiger partial charge in [-0.25, -0.2) is 18.1 Å². The van der Waals surface area contributed by atoms with Crippen LogP contribution in [0.4, 0.5) is 5.69 Å². The van der Waals surface area contributed by atoms with Crippen LogP contribution in [0.1, 0.15) is 5.69 Å². The summed E-state index contributed by atoms with van der Waals surface area (Å²) in [5.74, 6) is 0. The molecule has 0 aliphatic carbocycles. The van der Waals surface area contributed by atoms with Crippen molar-refractivity contribution in [2.24, 2.45) is 0 Å². The molecule has 0 saturated heterocycles. The zero-order valence-corrected chi connectivity index (χ0v) is 11.7. The Morgan fingerprint density at radius 2 is 2.20 bits per heavy atom. The van der Waals surface area contributed by atoms with Gasteiger partial charge in [0, 0.05) is 6.26 Å². The number of anilines is 1. The maximum Gasteiger partial charge on any atom is 0.192 e. The average molecular weight is 297 g/mol. The van der Waals surface area contributed by atoms with Gasteiger partial charge in [0.15, 0.2) is 14.9 Å². The van der Waals surface area contributed by atoms with E-state index in [0.717, 1.165) is 6.26 Å². The smallest absolute Gasteiger partial charge is 0.192 e. The lowest BCUT2D eigenvalue weighted by atomic mass is 10.4. The fraction of sp³-hybridized carbons (Fsp3) is 0.364. The van der Waals surface area contributed by atoms with Crippen molar-refractivity contribution >= 4 is 15.5 Å². The first-order valence-corrected chi connectivity index (χ1v) is 7.78. The Balaban J connectivity index is 1.96. The molecule has 0 spiro atoms. The zero-order chi connectivity index (χ0) is 14.6. The highest BCUT2D eigenvalue weighted by Crippen LogP contribution is 2.11.